The van der Waals surface area contributed by atoms with E-state index in [0.29, 0.717) is 11.5 Å². The monoisotopic (exact) mass is 597 g/mol. The molecule has 0 spiro atoms. The van der Waals surface area contributed by atoms with Crippen molar-refractivity contribution in [3.8, 4) is 17.6 Å². The summed E-state index contributed by atoms with van der Waals surface area (Å²) < 4.78 is 8.15. The molecule has 0 unspecified atom stereocenters. The molecule has 3 aromatic rings. The average Bonchev–Trinajstić information content (AvgIpc) is 3.26. The van der Waals surface area contributed by atoms with E-state index in [2.05, 4.69) is 50.2 Å². The molecule has 0 aliphatic carbocycles. The van der Waals surface area contributed by atoms with E-state index in [4.69, 9.17) is 20.4 Å². The maximum absolute atomic E-state index is 10.5. The first kappa shape index (κ1) is 37.9. The van der Waals surface area contributed by atoms with Crippen molar-refractivity contribution in [2.45, 2.75) is 4.21 Å². The molecule has 0 saturated carbocycles. The molecular formula is C12H6N3Na3O9S6. The quantitative estimate of drug-likeness (QED) is 0.0939. The number of hydrogen-bond acceptors (Lipinski definition) is 14. The summed E-state index contributed by atoms with van der Waals surface area (Å²) in [5, 5.41) is 55.0. The van der Waals surface area contributed by atoms with Crippen LogP contribution in [-0.2, 0) is 12.6 Å². The maximum atomic E-state index is 10.5. The van der Waals surface area contributed by atoms with Gasteiger partial charge in [-0.15, -0.1) is 0 Å². The third-order valence-electron chi connectivity index (χ3n) is 2.62. The van der Waals surface area contributed by atoms with Crippen molar-refractivity contribution >= 4 is 89.6 Å². The minimum atomic E-state index is -1.55. The van der Waals surface area contributed by atoms with Crippen LogP contribution in [0, 0.1) is 7.65 Å². The first-order valence-corrected chi connectivity index (χ1v) is 10.3. The Kier molecular flexibility index (Phi) is 20.4. The van der Waals surface area contributed by atoms with Crippen LogP contribution >= 0.6 is 59.0 Å². The normalized spacial score (nSPS) is 8.73. The van der Waals surface area contributed by atoms with Crippen molar-refractivity contribution in [2.75, 3.05) is 0 Å². The van der Waals surface area contributed by atoms with Crippen LogP contribution in [0.4, 0.5) is 0 Å². The Morgan fingerprint density at radius 2 is 1.24 bits per heavy atom. The number of carboxylic acid groups (broad SMARTS) is 3. The number of nitrogens with one attached hydrogen (secondary N) is 2. The molecule has 33 heavy (non-hydrogen) atoms. The Labute approximate surface area is 278 Å². The molecular weight excluding hydrogens is 592 g/mol. The van der Waals surface area contributed by atoms with Crippen molar-refractivity contribution in [2.24, 2.45) is 0 Å². The topological polar surface area (TPSA) is 223 Å². The van der Waals surface area contributed by atoms with Crippen LogP contribution in [0.5, 0.6) is 17.6 Å². The summed E-state index contributed by atoms with van der Waals surface area (Å²) in [5.74, 6) is -5.52. The molecule has 0 radical (unpaired) electrons. The van der Waals surface area contributed by atoms with E-state index in [9.17, 15) is 24.6 Å². The standard InChI is InChI=1S/3C4H3NO3S2.3Na/c3*6-2-1(3(7)8)4(9)10-5-2;;;/h9H,(H,5,6)(H,7,8);2*5-6H,(H,7,8);;;/q;;;3*+1/p-3. The first-order chi connectivity index (χ1) is 13.9. The van der Waals surface area contributed by atoms with Gasteiger partial charge in [0.2, 0.25) is 11.8 Å². The fourth-order valence-corrected chi connectivity index (χ4v) is 3.97. The molecule has 0 atom stereocenters. The number of hydrogen-bond donors (Lipinski definition) is 6. The van der Waals surface area contributed by atoms with Gasteiger partial charge in [0.05, 0.1) is 5.97 Å². The second kappa shape index (κ2) is 17.7. The van der Waals surface area contributed by atoms with Crippen molar-refractivity contribution in [3.05, 3.63) is 24.3 Å². The number of aromatic nitrogens is 3. The van der Waals surface area contributed by atoms with Crippen LogP contribution in [0.3, 0.4) is 0 Å². The maximum Gasteiger partial charge on any atom is 1.00 e. The van der Waals surface area contributed by atoms with E-state index in [1.807, 2.05) is 0 Å². The fourth-order valence-electron chi connectivity index (χ4n) is 1.40. The SMILES string of the molecule is O=C(O)c1c(O)[nH]sc1=S.O=C(O)c1c(O)[nH]sc1=S.O=C([O-])c1c([O-])nsc1[S-].[Na+].[Na+].[Na+]. The van der Waals surface area contributed by atoms with Gasteiger partial charge in [-0.1, -0.05) is 28.6 Å². The van der Waals surface area contributed by atoms with E-state index < -0.39 is 29.4 Å². The van der Waals surface area contributed by atoms with Gasteiger partial charge < -0.3 is 52.4 Å². The molecule has 0 bridgehead atoms. The number of carbonyl (C=O) groups is 3. The van der Waals surface area contributed by atoms with E-state index >= 15 is 0 Å². The van der Waals surface area contributed by atoms with E-state index in [0.717, 1.165) is 23.1 Å². The molecule has 12 nitrogen and oxygen atoms in total. The largest absolute Gasteiger partial charge is 1.00 e. The van der Waals surface area contributed by atoms with Crippen LogP contribution in [0.15, 0.2) is 4.21 Å². The molecule has 162 valence electrons. The van der Waals surface area contributed by atoms with E-state index in [1.165, 1.54) is 0 Å². The number of aromatic amines is 2. The smallest absolute Gasteiger partial charge is 0.859 e. The Morgan fingerprint density at radius 1 is 0.879 bits per heavy atom. The van der Waals surface area contributed by atoms with Gasteiger partial charge >= 0.3 is 101 Å². The molecule has 0 aromatic carbocycles. The zero-order valence-corrected chi connectivity index (χ0v) is 27.6. The zero-order valence-electron chi connectivity index (χ0n) is 16.7. The van der Waals surface area contributed by atoms with Gasteiger partial charge in [0.15, 0.2) is 0 Å². The third-order valence-corrected chi connectivity index (χ3v) is 5.96. The third kappa shape index (κ3) is 11.3. The van der Waals surface area contributed by atoms with Crippen LogP contribution < -0.4 is 98.9 Å². The summed E-state index contributed by atoms with van der Waals surface area (Å²) in [6.07, 6.45) is 0. The first-order valence-electron chi connectivity index (χ1n) is 6.70. The minimum Gasteiger partial charge on any atom is -0.859 e. The molecule has 0 fully saturated rings. The Hall–Kier alpha value is 0.360. The van der Waals surface area contributed by atoms with Crippen molar-refractivity contribution in [1.29, 1.82) is 0 Å². The summed E-state index contributed by atoms with van der Waals surface area (Å²) in [6.45, 7) is 0. The Balaban J connectivity index is -0.000000391. The minimum absolute atomic E-state index is 0. The van der Waals surface area contributed by atoms with Gasteiger partial charge in [-0.05, 0) is 34.5 Å². The molecule has 0 saturated heterocycles. The molecule has 0 aliphatic heterocycles. The average molecular weight is 598 g/mol. The fraction of sp³-hybridized carbons (Fsp3) is 0. The van der Waals surface area contributed by atoms with Gasteiger partial charge in [-0.25, -0.2) is 9.59 Å². The summed E-state index contributed by atoms with van der Waals surface area (Å²) in [7, 11) is 0. The van der Waals surface area contributed by atoms with Crippen LogP contribution in [-0.4, -0.2) is 51.5 Å². The van der Waals surface area contributed by atoms with Gasteiger partial charge in [-0.3, -0.25) is 20.3 Å². The second-order valence-electron chi connectivity index (χ2n) is 4.48. The predicted octanol–water partition coefficient (Wildman–Crippen LogP) is -8.08. The van der Waals surface area contributed by atoms with Gasteiger partial charge in [0.25, 0.3) is 0 Å². The summed E-state index contributed by atoms with van der Waals surface area (Å²) in [4.78, 5) is 30.6. The zero-order chi connectivity index (χ0) is 23.2. The van der Waals surface area contributed by atoms with Crippen molar-refractivity contribution in [1.82, 2.24) is 13.1 Å². The van der Waals surface area contributed by atoms with Crippen molar-refractivity contribution < 1.29 is 134 Å². The van der Waals surface area contributed by atoms with Gasteiger partial charge in [0.1, 0.15) is 18.8 Å². The van der Waals surface area contributed by atoms with Crippen molar-refractivity contribution in [3.63, 3.8) is 0 Å². The number of rotatable bonds is 3. The van der Waals surface area contributed by atoms with Crippen LogP contribution in [0.1, 0.15) is 31.1 Å². The van der Waals surface area contributed by atoms with Crippen LogP contribution in [0.2, 0.25) is 0 Å². The Morgan fingerprint density at radius 3 is 1.36 bits per heavy atom. The number of carbonyl (C=O) groups excluding carboxylic acids is 1. The summed E-state index contributed by atoms with van der Waals surface area (Å²) in [5.41, 5.74) is -0.944. The number of aromatic hydroxyl groups is 2. The molecule has 3 aromatic heterocycles. The van der Waals surface area contributed by atoms with E-state index in [1.54, 1.807) is 0 Å². The molecule has 6 N–H and O–H groups in total. The number of H-pyrrole nitrogens is 2. The summed E-state index contributed by atoms with van der Waals surface area (Å²) >= 11 is 16.2. The molecule has 0 aliphatic rings. The summed E-state index contributed by atoms with van der Waals surface area (Å²) in [6, 6.07) is 0. The Bertz CT molecular complexity index is 1120. The molecule has 3 rings (SSSR count). The molecule has 3 heterocycles. The predicted molar refractivity (Wildman–Crippen MR) is 108 cm³/mol. The van der Waals surface area contributed by atoms with E-state index in [-0.39, 0.29) is 123 Å². The number of carboxylic acids is 3. The molecule has 21 heteroatoms. The number of nitrogens with zero attached hydrogens (tertiary/aromatic N) is 1. The second-order valence-corrected chi connectivity index (χ2v) is 8.88. The van der Waals surface area contributed by atoms with Crippen LogP contribution in [0.25, 0.3) is 0 Å². The number of aromatic carboxylic acids is 3. The van der Waals surface area contributed by atoms with Gasteiger partial charge in [-0.2, -0.15) is 0 Å². The molecule has 0 amide bonds. The van der Waals surface area contributed by atoms with Gasteiger partial charge in [0, 0.05) is 0 Å².